The zero-order valence-electron chi connectivity index (χ0n) is 14.6. The van der Waals surface area contributed by atoms with Crippen LogP contribution in [-0.4, -0.2) is 20.9 Å². The lowest BCUT2D eigenvalue weighted by atomic mass is 10.2. The lowest BCUT2D eigenvalue weighted by Crippen LogP contribution is -2.28. The SMILES string of the molecule is CC(C)CNS(=O)(=O)c1cc(C(=O)OCc2ccc(Br)cc2)c(Cl)cc1Cl. The van der Waals surface area contributed by atoms with Gasteiger partial charge in [-0.2, -0.15) is 0 Å². The zero-order chi connectivity index (χ0) is 20.2. The van der Waals surface area contributed by atoms with Crippen molar-refractivity contribution in [1.82, 2.24) is 4.72 Å². The van der Waals surface area contributed by atoms with E-state index in [-0.39, 0.29) is 39.6 Å². The Morgan fingerprint density at radius 2 is 1.78 bits per heavy atom. The molecule has 0 aliphatic heterocycles. The monoisotopic (exact) mass is 493 g/mol. The number of nitrogens with one attached hydrogen (secondary N) is 1. The van der Waals surface area contributed by atoms with Crippen molar-refractivity contribution in [1.29, 1.82) is 0 Å². The number of hydrogen-bond donors (Lipinski definition) is 1. The fourth-order valence-corrected chi connectivity index (χ4v) is 4.38. The molecule has 1 N–H and O–H groups in total. The average molecular weight is 495 g/mol. The van der Waals surface area contributed by atoms with Crippen LogP contribution in [0.25, 0.3) is 0 Å². The first kappa shape index (κ1) is 22.2. The van der Waals surface area contributed by atoms with Gasteiger partial charge < -0.3 is 4.74 Å². The summed E-state index contributed by atoms with van der Waals surface area (Å²) in [6.45, 7) is 4.01. The van der Waals surface area contributed by atoms with Gasteiger partial charge in [0.05, 0.1) is 15.6 Å². The van der Waals surface area contributed by atoms with Gasteiger partial charge in [0, 0.05) is 11.0 Å². The number of hydrogen-bond acceptors (Lipinski definition) is 4. The summed E-state index contributed by atoms with van der Waals surface area (Å²) in [5.41, 5.74) is 0.714. The number of halogens is 3. The fraction of sp³-hybridized carbons (Fsp3) is 0.278. The van der Waals surface area contributed by atoms with E-state index >= 15 is 0 Å². The van der Waals surface area contributed by atoms with E-state index in [1.165, 1.54) is 6.07 Å². The molecule has 9 heteroatoms. The minimum atomic E-state index is -3.88. The summed E-state index contributed by atoms with van der Waals surface area (Å²) in [4.78, 5) is 12.2. The molecule has 0 aromatic heterocycles. The van der Waals surface area contributed by atoms with Crippen molar-refractivity contribution in [2.75, 3.05) is 6.54 Å². The van der Waals surface area contributed by atoms with Gasteiger partial charge in [-0.05, 0) is 35.7 Å². The standard InChI is InChI=1S/C18H18BrCl2NO4S/c1-11(2)9-22-27(24,25)17-7-14(15(20)8-16(17)21)18(23)26-10-12-3-5-13(19)6-4-12/h3-8,11,22H,9-10H2,1-2H3. The van der Waals surface area contributed by atoms with Crippen LogP contribution in [0.4, 0.5) is 0 Å². The van der Waals surface area contributed by atoms with Crippen LogP contribution in [0.15, 0.2) is 45.8 Å². The van der Waals surface area contributed by atoms with Crippen molar-refractivity contribution in [2.45, 2.75) is 25.3 Å². The summed E-state index contributed by atoms with van der Waals surface area (Å²) in [6.07, 6.45) is 0. The molecule has 0 aliphatic rings. The van der Waals surface area contributed by atoms with Crippen LogP contribution in [0.3, 0.4) is 0 Å². The van der Waals surface area contributed by atoms with Gasteiger partial charge >= 0.3 is 5.97 Å². The average Bonchev–Trinajstić information content (AvgIpc) is 2.59. The number of ether oxygens (including phenoxy) is 1. The molecule has 0 saturated carbocycles. The second-order valence-corrected chi connectivity index (χ2v) is 9.68. The van der Waals surface area contributed by atoms with E-state index in [1.807, 2.05) is 26.0 Å². The lowest BCUT2D eigenvalue weighted by Gasteiger charge is -2.13. The molecule has 2 aromatic rings. The molecule has 0 aliphatic carbocycles. The Morgan fingerprint density at radius 3 is 2.37 bits per heavy atom. The highest BCUT2D eigenvalue weighted by atomic mass is 79.9. The van der Waals surface area contributed by atoms with Crippen molar-refractivity contribution >= 4 is 55.1 Å². The lowest BCUT2D eigenvalue weighted by molar-refractivity contribution is 0.0472. The Labute approximate surface area is 177 Å². The van der Waals surface area contributed by atoms with Crippen LogP contribution in [0, 0.1) is 5.92 Å². The molecule has 0 unspecified atom stereocenters. The van der Waals surface area contributed by atoms with E-state index in [0.717, 1.165) is 16.1 Å². The van der Waals surface area contributed by atoms with Crippen molar-refractivity contribution < 1.29 is 17.9 Å². The number of esters is 1. The van der Waals surface area contributed by atoms with E-state index in [9.17, 15) is 13.2 Å². The zero-order valence-corrected chi connectivity index (χ0v) is 18.5. The maximum absolute atomic E-state index is 12.5. The third-order valence-corrected chi connectivity index (χ3v) is 6.23. The smallest absolute Gasteiger partial charge is 0.340 e. The molecular weight excluding hydrogens is 477 g/mol. The Kier molecular flexibility index (Phi) is 7.71. The van der Waals surface area contributed by atoms with E-state index in [0.29, 0.717) is 0 Å². The molecule has 146 valence electrons. The minimum absolute atomic E-state index is 0.0172. The fourth-order valence-electron chi connectivity index (χ4n) is 2.05. The minimum Gasteiger partial charge on any atom is -0.457 e. The molecule has 0 spiro atoms. The van der Waals surface area contributed by atoms with Crippen molar-refractivity contribution in [2.24, 2.45) is 5.92 Å². The van der Waals surface area contributed by atoms with Crippen LogP contribution in [0.2, 0.25) is 10.0 Å². The first-order chi connectivity index (χ1) is 12.6. The van der Waals surface area contributed by atoms with Gasteiger partial charge in [0.2, 0.25) is 10.0 Å². The normalized spacial score (nSPS) is 11.6. The second kappa shape index (κ2) is 9.39. The van der Waals surface area contributed by atoms with Gasteiger partial charge in [-0.3, -0.25) is 0 Å². The van der Waals surface area contributed by atoms with Gasteiger partial charge in [-0.25, -0.2) is 17.9 Å². The summed E-state index contributed by atoms with van der Waals surface area (Å²) in [7, 11) is -3.88. The molecule has 5 nitrogen and oxygen atoms in total. The van der Waals surface area contributed by atoms with Gasteiger partial charge in [-0.15, -0.1) is 0 Å². The molecule has 0 fully saturated rings. The Morgan fingerprint density at radius 1 is 1.15 bits per heavy atom. The number of carbonyl (C=O) groups excluding carboxylic acids is 1. The maximum atomic E-state index is 12.5. The predicted octanol–water partition coefficient (Wildman–Crippen LogP) is 5.05. The van der Waals surface area contributed by atoms with Gasteiger partial charge in [0.25, 0.3) is 0 Å². The van der Waals surface area contributed by atoms with Crippen LogP contribution >= 0.6 is 39.1 Å². The number of benzene rings is 2. The highest BCUT2D eigenvalue weighted by Gasteiger charge is 2.23. The van der Waals surface area contributed by atoms with Gasteiger partial charge in [0.1, 0.15) is 11.5 Å². The summed E-state index contributed by atoms with van der Waals surface area (Å²) in [5, 5.41) is -0.0515. The summed E-state index contributed by atoms with van der Waals surface area (Å²) in [6, 6.07) is 9.60. The Bertz CT molecular complexity index is 931. The first-order valence-corrected chi connectivity index (χ1v) is 11.0. The number of carbonyl (C=O) groups is 1. The molecular formula is C18H18BrCl2NO4S. The summed E-state index contributed by atoms with van der Waals surface area (Å²) >= 11 is 15.4. The van der Waals surface area contributed by atoms with Crippen molar-refractivity contribution in [3.05, 3.63) is 62.0 Å². The third kappa shape index (κ3) is 6.19. The highest BCUT2D eigenvalue weighted by Crippen LogP contribution is 2.29. The molecule has 0 heterocycles. The van der Waals surface area contributed by atoms with Crippen LogP contribution in [0.5, 0.6) is 0 Å². The topological polar surface area (TPSA) is 72.5 Å². The Balaban J connectivity index is 2.23. The van der Waals surface area contributed by atoms with Crippen molar-refractivity contribution in [3.63, 3.8) is 0 Å². The van der Waals surface area contributed by atoms with Crippen LogP contribution in [-0.2, 0) is 21.4 Å². The number of rotatable bonds is 7. The van der Waals surface area contributed by atoms with Crippen LogP contribution in [0.1, 0.15) is 29.8 Å². The molecule has 0 saturated heterocycles. The Hall–Kier alpha value is -1.12. The quantitative estimate of drug-likeness (QED) is 0.547. The molecule has 0 atom stereocenters. The van der Waals surface area contributed by atoms with E-state index in [2.05, 4.69) is 20.7 Å². The molecule has 2 rings (SSSR count). The molecule has 2 aromatic carbocycles. The van der Waals surface area contributed by atoms with Gasteiger partial charge in [-0.1, -0.05) is 65.1 Å². The molecule has 0 bridgehead atoms. The highest BCUT2D eigenvalue weighted by molar-refractivity contribution is 9.10. The van der Waals surface area contributed by atoms with Crippen molar-refractivity contribution in [3.8, 4) is 0 Å². The third-order valence-electron chi connectivity index (χ3n) is 3.50. The van der Waals surface area contributed by atoms with E-state index in [1.54, 1.807) is 12.1 Å². The van der Waals surface area contributed by atoms with Gasteiger partial charge in [0.15, 0.2) is 0 Å². The largest absolute Gasteiger partial charge is 0.457 e. The van der Waals surface area contributed by atoms with Crippen LogP contribution < -0.4 is 4.72 Å². The first-order valence-electron chi connectivity index (χ1n) is 8.00. The molecule has 0 radical (unpaired) electrons. The number of sulfonamides is 1. The maximum Gasteiger partial charge on any atom is 0.340 e. The molecule has 0 amide bonds. The molecule has 27 heavy (non-hydrogen) atoms. The predicted molar refractivity (Wildman–Crippen MR) is 110 cm³/mol. The van der Waals surface area contributed by atoms with E-state index < -0.39 is 16.0 Å². The van der Waals surface area contributed by atoms with E-state index in [4.69, 9.17) is 27.9 Å². The summed E-state index contributed by atoms with van der Waals surface area (Å²) in [5.74, 6) is -0.624. The summed E-state index contributed by atoms with van der Waals surface area (Å²) < 4.78 is 33.5. The second-order valence-electron chi connectivity index (χ2n) is 6.21.